The van der Waals surface area contributed by atoms with Gasteiger partial charge < -0.3 is 10.2 Å². The van der Waals surface area contributed by atoms with Crippen molar-refractivity contribution in [1.82, 2.24) is 19.9 Å². The fourth-order valence-corrected chi connectivity index (χ4v) is 4.10. The van der Waals surface area contributed by atoms with Crippen molar-refractivity contribution in [2.24, 2.45) is 0 Å². The molecule has 3 heterocycles. The van der Waals surface area contributed by atoms with Crippen LogP contribution in [0.2, 0.25) is 0 Å². The number of rotatable bonds is 4. The predicted octanol–water partition coefficient (Wildman–Crippen LogP) is 3.88. The number of pyridine rings is 1. The van der Waals surface area contributed by atoms with Gasteiger partial charge in [0.25, 0.3) is 0 Å². The Morgan fingerprint density at radius 1 is 1.27 bits per heavy atom. The maximum atomic E-state index is 14.1. The zero-order valence-electron chi connectivity index (χ0n) is 17.5. The Bertz CT molecular complexity index is 1140. The van der Waals surface area contributed by atoms with Crippen LogP contribution in [-0.2, 0) is 5.92 Å². The highest BCUT2D eigenvalue weighted by molar-refractivity contribution is 5.85. The second-order valence-electron chi connectivity index (χ2n) is 8.22. The Hall–Kier alpha value is -3.05. The lowest BCUT2D eigenvalue weighted by Crippen LogP contribution is -2.42. The van der Waals surface area contributed by atoms with Crippen LogP contribution in [0, 0.1) is 18.3 Å². The molecule has 0 aliphatic carbocycles. The van der Waals surface area contributed by atoms with E-state index in [1.165, 1.54) is 4.52 Å². The first kappa shape index (κ1) is 20.2. The van der Waals surface area contributed by atoms with E-state index >= 15 is 0 Å². The summed E-state index contributed by atoms with van der Waals surface area (Å²) >= 11 is 0. The number of hydrogen-bond acceptors (Lipinski definition) is 5. The van der Waals surface area contributed by atoms with Gasteiger partial charge in [-0.1, -0.05) is 30.3 Å². The molecule has 1 saturated heterocycles. The van der Waals surface area contributed by atoms with Gasteiger partial charge in [-0.05, 0) is 38.4 Å². The smallest absolute Gasteiger partial charge is 0.305 e. The molecule has 1 fully saturated rings. The van der Waals surface area contributed by atoms with E-state index in [1.54, 1.807) is 0 Å². The first-order chi connectivity index (χ1) is 14.2. The van der Waals surface area contributed by atoms with Crippen LogP contribution in [-0.4, -0.2) is 40.3 Å². The molecule has 0 spiro atoms. The van der Waals surface area contributed by atoms with E-state index in [-0.39, 0.29) is 16.7 Å². The minimum Gasteiger partial charge on any atom is -0.354 e. The minimum atomic E-state index is -3.21. The van der Waals surface area contributed by atoms with Gasteiger partial charge in [-0.3, -0.25) is 0 Å². The van der Waals surface area contributed by atoms with Crippen LogP contribution in [0.3, 0.4) is 0 Å². The van der Waals surface area contributed by atoms with Crippen molar-refractivity contribution in [2.45, 2.75) is 38.7 Å². The van der Waals surface area contributed by atoms with E-state index < -0.39 is 11.7 Å². The molecular formula is C22H24F2N6. The summed E-state index contributed by atoms with van der Waals surface area (Å²) in [4.78, 5) is 6.22. The van der Waals surface area contributed by atoms with Crippen LogP contribution in [0.25, 0.3) is 16.8 Å². The van der Waals surface area contributed by atoms with Crippen molar-refractivity contribution < 1.29 is 8.78 Å². The number of hydrogen-bond donors (Lipinski definition) is 1. The highest BCUT2D eigenvalue weighted by Crippen LogP contribution is 2.40. The molecule has 30 heavy (non-hydrogen) atoms. The van der Waals surface area contributed by atoms with Crippen molar-refractivity contribution in [2.75, 3.05) is 25.0 Å². The maximum Gasteiger partial charge on any atom is 0.305 e. The van der Waals surface area contributed by atoms with Crippen molar-refractivity contribution in [3.05, 3.63) is 47.3 Å². The number of alkyl halides is 2. The Labute approximate surface area is 174 Å². The summed E-state index contributed by atoms with van der Waals surface area (Å²) in [5.74, 6) is -3.10. The number of anilines is 1. The summed E-state index contributed by atoms with van der Waals surface area (Å²) in [6, 6.07) is 11.8. The van der Waals surface area contributed by atoms with Gasteiger partial charge in [0, 0.05) is 31.1 Å². The van der Waals surface area contributed by atoms with E-state index in [4.69, 9.17) is 0 Å². The fourth-order valence-electron chi connectivity index (χ4n) is 4.10. The van der Waals surface area contributed by atoms with Crippen molar-refractivity contribution in [1.29, 1.82) is 5.26 Å². The van der Waals surface area contributed by atoms with Gasteiger partial charge >= 0.3 is 5.92 Å². The highest BCUT2D eigenvalue weighted by atomic mass is 19.3. The number of aromatic nitrogens is 3. The Balaban J connectivity index is 2.08. The number of halogens is 2. The van der Waals surface area contributed by atoms with Crippen molar-refractivity contribution in [3.8, 4) is 17.2 Å². The van der Waals surface area contributed by atoms with Crippen LogP contribution >= 0.6 is 0 Å². The Kier molecular flexibility index (Phi) is 4.74. The van der Waals surface area contributed by atoms with Gasteiger partial charge in [-0.25, -0.2) is 4.98 Å². The molecule has 0 amide bonds. The molecule has 3 aromatic rings. The normalized spacial score (nSPS) is 19.4. The molecule has 1 atom stereocenters. The SMILES string of the molecule is CN[C@@]1(C)CCN(c2c(-c3ccccc3)c(C)c(C#N)c3nc(C(C)(F)F)nn23)C1. The monoisotopic (exact) mass is 410 g/mol. The van der Waals surface area contributed by atoms with E-state index in [0.717, 1.165) is 31.0 Å². The highest BCUT2D eigenvalue weighted by Gasteiger charge is 2.37. The molecule has 1 aromatic carbocycles. The Morgan fingerprint density at radius 2 is 1.97 bits per heavy atom. The zero-order chi connectivity index (χ0) is 21.7. The standard InChI is InChI=1S/C22H24F2N6/c1-14-16(12-25)18-27-20(22(3,23)24)28-30(18)19(17(14)15-8-6-5-7-9-15)29-11-10-21(2,13-29)26-4/h5-9,26H,10-11,13H2,1-4H3/t21-/m0/s1. The lowest BCUT2D eigenvalue weighted by molar-refractivity contribution is 0.00801. The summed E-state index contributed by atoms with van der Waals surface area (Å²) in [5.41, 5.74) is 2.75. The summed E-state index contributed by atoms with van der Waals surface area (Å²) in [6.07, 6.45) is 0.893. The van der Waals surface area contributed by atoms with Gasteiger partial charge in [0.1, 0.15) is 17.5 Å². The summed E-state index contributed by atoms with van der Waals surface area (Å²) in [5, 5.41) is 17.4. The number of fused-ring (bicyclic) bond motifs is 1. The second kappa shape index (κ2) is 7.03. The van der Waals surface area contributed by atoms with Gasteiger partial charge in [0.05, 0.1) is 0 Å². The van der Waals surface area contributed by atoms with Gasteiger partial charge in [-0.15, -0.1) is 5.10 Å². The molecule has 1 aliphatic heterocycles. The summed E-state index contributed by atoms with van der Waals surface area (Å²) in [7, 11) is 1.92. The van der Waals surface area contributed by atoms with Crippen LogP contribution in [0.4, 0.5) is 14.6 Å². The molecule has 8 heteroatoms. The van der Waals surface area contributed by atoms with E-state index in [1.807, 2.05) is 44.3 Å². The molecule has 6 nitrogen and oxygen atoms in total. The van der Waals surface area contributed by atoms with Gasteiger partial charge in [-0.2, -0.15) is 18.6 Å². The van der Waals surface area contributed by atoms with Crippen LogP contribution in [0.5, 0.6) is 0 Å². The molecule has 4 rings (SSSR count). The molecular weight excluding hydrogens is 386 g/mol. The topological polar surface area (TPSA) is 69.2 Å². The second-order valence-corrected chi connectivity index (χ2v) is 8.22. The average molecular weight is 410 g/mol. The van der Waals surface area contributed by atoms with Gasteiger partial charge in [0.2, 0.25) is 5.82 Å². The summed E-state index contributed by atoms with van der Waals surface area (Å²) in [6.45, 7) is 6.16. The molecule has 156 valence electrons. The first-order valence-electron chi connectivity index (χ1n) is 9.89. The first-order valence-corrected chi connectivity index (χ1v) is 9.89. The number of likely N-dealkylation sites (N-methyl/N-ethyl adjacent to an activating group) is 1. The van der Waals surface area contributed by atoms with Crippen molar-refractivity contribution in [3.63, 3.8) is 0 Å². The van der Waals surface area contributed by atoms with Crippen LogP contribution in [0.15, 0.2) is 30.3 Å². The van der Waals surface area contributed by atoms with Crippen LogP contribution < -0.4 is 10.2 Å². The van der Waals surface area contributed by atoms with Crippen molar-refractivity contribution >= 4 is 11.5 Å². The van der Waals surface area contributed by atoms with Gasteiger partial charge in [0.15, 0.2) is 5.65 Å². The number of benzene rings is 1. The maximum absolute atomic E-state index is 14.1. The lowest BCUT2D eigenvalue weighted by atomic mass is 9.97. The molecule has 2 aromatic heterocycles. The number of nitrogens with zero attached hydrogens (tertiary/aromatic N) is 5. The van der Waals surface area contributed by atoms with Crippen LogP contribution in [0.1, 0.15) is 37.2 Å². The van der Waals surface area contributed by atoms with E-state index in [0.29, 0.717) is 17.9 Å². The molecule has 0 unspecified atom stereocenters. The fraction of sp³-hybridized carbons (Fsp3) is 0.409. The molecule has 1 N–H and O–H groups in total. The van der Waals surface area contributed by atoms with E-state index in [2.05, 4.69) is 33.3 Å². The molecule has 0 saturated carbocycles. The predicted molar refractivity (Wildman–Crippen MR) is 112 cm³/mol. The number of nitrogens with one attached hydrogen (secondary N) is 1. The third-order valence-corrected chi connectivity index (χ3v) is 5.95. The third kappa shape index (κ3) is 3.19. The lowest BCUT2D eigenvalue weighted by Gasteiger charge is -2.27. The molecule has 1 aliphatic rings. The minimum absolute atomic E-state index is 0.111. The van der Waals surface area contributed by atoms with E-state index in [9.17, 15) is 14.0 Å². The third-order valence-electron chi connectivity index (χ3n) is 5.95. The quantitative estimate of drug-likeness (QED) is 0.707. The number of nitriles is 1. The average Bonchev–Trinajstić information content (AvgIpc) is 3.32. The zero-order valence-corrected chi connectivity index (χ0v) is 17.5. The molecule has 0 radical (unpaired) electrons. The Morgan fingerprint density at radius 3 is 2.53 bits per heavy atom. The largest absolute Gasteiger partial charge is 0.354 e. The summed E-state index contributed by atoms with van der Waals surface area (Å²) < 4.78 is 29.6. The molecule has 0 bridgehead atoms.